The van der Waals surface area contributed by atoms with Gasteiger partial charge in [0.1, 0.15) is 16.9 Å². The van der Waals surface area contributed by atoms with Gasteiger partial charge in [0.2, 0.25) is 0 Å². The maximum atomic E-state index is 15.5. The van der Waals surface area contributed by atoms with Gasteiger partial charge < -0.3 is 19.3 Å². The second kappa shape index (κ2) is 13.4. The van der Waals surface area contributed by atoms with E-state index in [0.717, 1.165) is 33.4 Å². The smallest absolute Gasteiger partial charge is 0.419 e. The van der Waals surface area contributed by atoms with Crippen molar-refractivity contribution < 1.29 is 23.9 Å². The summed E-state index contributed by atoms with van der Waals surface area (Å²) in [7, 11) is 1.62. The molecule has 4 aromatic rings. The van der Waals surface area contributed by atoms with Crippen LogP contribution in [0.2, 0.25) is 0 Å². The highest BCUT2D eigenvalue weighted by Gasteiger charge is 2.64. The normalized spacial score (nSPS) is 20.8. The highest BCUT2D eigenvalue weighted by atomic mass is 32.2. The van der Waals surface area contributed by atoms with Crippen molar-refractivity contribution in [2.45, 2.75) is 87.8 Å². The third-order valence-corrected chi connectivity index (χ3v) is 10.7. The molecule has 1 aromatic heterocycles. The van der Waals surface area contributed by atoms with Crippen LogP contribution in [-0.2, 0) is 27.3 Å². The van der Waals surface area contributed by atoms with Gasteiger partial charge in [0, 0.05) is 36.0 Å². The summed E-state index contributed by atoms with van der Waals surface area (Å²) in [5.41, 5.74) is 1.79. The lowest BCUT2D eigenvalue weighted by atomic mass is 9.84. The van der Waals surface area contributed by atoms with E-state index in [1.54, 1.807) is 13.3 Å². The topological polar surface area (TPSA) is 81.1 Å². The minimum absolute atomic E-state index is 0.0581. The lowest BCUT2D eigenvalue weighted by molar-refractivity contribution is -0.171. The molecule has 0 saturated carbocycles. The Balaban J connectivity index is 1.56. The number of amides is 2. The van der Waals surface area contributed by atoms with Crippen molar-refractivity contribution >= 4 is 40.6 Å². The fourth-order valence-electron chi connectivity index (χ4n) is 7.02. The summed E-state index contributed by atoms with van der Waals surface area (Å²) < 4.78 is 12.7. The Bertz CT molecular complexity index is 1890. The number of para-hydroxylation sites is 1. The number of ether oxygens (including phenoxy) is 2. The van der Waals surface area contributed by atoms with E-state index in [-0.39, 0.29) is 24.8 Å². The molecule has 3 aromatic carbocycles. The molecule has 2 aliphatic heterocycles. The molecule has 9 heteroatoms. The van der Waals surface area contributed by atoms with Crippen molar-refractivity contribution in [3.63, 3.8) is 0 Å². The van der Waals surface area contributed by atoms with E-state index in [1.165, 1.54) is 16.3 Å². The minimum atomic E-state index is -1.36. The number of nitrogens with zero attached hydrogens (tertiary/aromatic N) is 3. The minimum Gasteiger partial charge on any atom is -0.497 e. The number of aromatic nitrogens is 1. The number of hydrogen-bond acceptors (Lipinski definition) is 6. The summed E-state index contributed by atoms with van der Waals surface area (Å²) >= 11 is 1.41. The van der Waals surface area contributed by atoms with Gasteiger partial charge in [-0.25, -0.2) is 4.79 Å². The lowest BCUT2D eigenvalue weighted by Gasteiger charge is -2.55. The third-order valence-electron chi connectivity index (χ3n) is 9.34. The molecule has 2 aliphatic rings. The van der Waals surface area contributed by atoms with E-state index >= 15 is 9.59 Å². The Morgan fingerprint density at radius 2 is 1.63 bits per heavy atom. The second-order valence-electron chi connectivity index (χ2n) is 14.2. The molecular formula is C40H45N3O5S. The first-order chi connectivity index (χ1) is 23.4. The lowest BCUT2D eigenvalue weighted by Crippen LogP contribution is -2.74. The zero-order chi connectivity index (χ0) is 35.0. The van der Waals surface area contributed by atoms with Crippen LogP contribution in [0.4, 0.5) is 4.79 Å². The number of fused-ring (bicyclic) bond motifs is 2. The van der Waals surface area contributed by atoms with Gasteiger partial charge in [-0.3, -0.25) is 14.2 Å². The number of benzene rings is 3. The number of thioether (sulfide) groups is 1. The molecule has 0 bridgehead atoms. The van der Waals surface area contributed by atoms with Crippen LogP contribution in [0, 0.1) is 0 Å². The Labute approximate surface area is 293 Å². The molecule has 0 spiro atoms. The number of methoxy groups -OCH3 is 1. The van der Waals surface area contributed by atoms with Crippen molar-refractivity contribution in [1.29, 1.82) is 0 Å². The van der Waals surface area contributed by atoms with Crippen LogP contribution in [0.15, 0.2) is 102 Å². The number of piperazine rings is 1. The van der Waals surface area contributed by atoms with Gasteiger partial charge in [0.15, 0.2) is 4.87 Å². The van der Waals surface area contributed by atoms with Gasteiger partial charge in [-0.2, -0.15) is 0 Å². The van der Waals surface area contributed by atoms with E-state index in [1.807, 2.05) is 123 Å². The van der Waals surface area contributed by atoms with E-state index < -0.39 is 22.1 Å². The predicted octanol–water partition coefficient (Wildman–Crippen LogP) is 8.22. The molecule has 0 radical (unpaired) electrons. The molecule has 0 unspecified atom stereocenters. The predicted molar refractivity (Wildman–Crippen MR) is 194 cm³/mol. The van der Waals surface area contributed by atoms with Crippen LogP contribution in [-0.4, -0.2) is 61.9 Å². The van der Waals surface area contributed by atoms with E-state index in [4.69, 9.17) is 9.47 Å². The number of carbonyl (C=O) groups excluding carboxylic acids is 3. The van der Waals surface area contributed by atoms with Gasteiger partial charge in [0.05, 0.1) is 12.6 Å². The van der Waals surface area contributed by atoms with E-state index in [0.29, 0.717) is 30.7 Å². The fraction of sp³-hybridized carbons (Fsp3) is 0.375. The number of rotatable bonds is 9. The Morgan fingerprint density at radius 3 is 2.31 bits per heavy atom. The van der Waals surface area contributed by atoms with Crippen LogP contribution in [0.5, 0.6) is 5.75 Å². The SMILES string of the molecule is COc1ccc(CN2C(=O)[C@]3(CC=C(C)C)CCCN3C(=O)[C@]2(Cc2cn(C(=O)OC(C)(C)C)c3ccccc23)Sc2ccccc2)cc1. The van der Waals surface area contributed by atoms with Gasteiger partial charge in [0.25, 0.3) is 11.8 Å². The Hall–Kier alpha value is -4.50. The molecule has 256 valence electrons. The van der Waals surface area contributed by atoms with Crippen LogP contribution in [0.25, 0.3) is 10.9 Å². The summed E-state index contributed by atoms with van der Waals surface area (Å²) in [4.78, 5) is 47.5. The molecule has 2 atom stereocenters. The molecule has 0 aliphatic carbocycles. The zero-order valence-corrected chi connectivity index (χ0v) is 30.0. The first-order valence-electron chi connectivity index (χ1n) is 16.8. The van der Waals surface area contributed by atoms with Gasteiger partial charge in [-0.05, 0) is 95.3 Å². The summed E-state index contributed by atoms with van der Waals surface area (Å²) in [5, 5.41) is 0.828. The second-order valence-corrected chi connectivity index (χ2v) is 15.6. The molecule has 2 saturated heterocycles. The summed E-state index contributed by atoms with van der Waals surface area (Å²) in [6.07, 6.45) is 5.35. The van der Waals surface area contributed by atoms with Crippen LogP contribution in [0.1, 0.15) is 65.0 Å². The van der Waals surface area contributed by atoms with Crippen molar-refractivity contribution in [3.8, 4) is 5.75 Å². The zero-order valence-electron chi connectivity index (χ0n) is 29.2. The highest BCUT2D eigenvalue weighted by Crippen LogP contribution is 2.51. The average molecular weight is 680 g/mol. The van der Waals surface area contributed by atoms with Gasteiger partial charge in [-0.1, -0.05) is 71.9 Å². The molecule has 0 N–H and O–H groups in total. The average Bonchev–Trinajstić information content (AvgIpc) is 3.68. The van der Waals surface area contributed by atoms with Crippen molar-refractivity contribution in [2.75, 3.05) is 13.7 Å². The molecule has 6 rings (SSSR count). The summed E-state index contributed by atoms with van der Waals surface area (Å²) in [6.45, 7) is 10.3. The van der Waals surface area contributed by atoms with Crippen LogP contribution >= 0.6 is 11.8 Å². The Morgan fingerprint density at radius 1 is 0.939 bits per heavy atom. The number of carbonyl (C=O) groups is 3. The maximum Gasteiger partial charge on any atom is 0.419 e. The quantitative estimate of drug-likeness (QED) is 0.166. The fourth-order valence-corrected chi connectivity index (χ4v) is 8.39. The van der Waals surface area contributed by atoms with Crippen molar-refractivity contribution in [1.82, 2.24) is 14.4 Å². The first-order valence-corrected chi connectivity index (χ1v) is 17.7. The summed E-state index contributed by atoms with van der Waals surface area (Å²) in [6, 6.07) is 25.1. The molecular weight excluding hydrogens is 635 g/mol. The molecule has 3 heterocycles. The standard InChI is InChI=1S/C40H45N3O5S/c1-28(2)21-23-39-22-12-24-42(39)36(45)40(49-32-13-8-7-9-14-32,43(35(39)44)26-29-17-19-31(47-6)20-18-29)25-30-27-41(37(46)48-38(3,4)5)34-16-11-10-15-33(30)34/h7-11,13-21,27H,12,22-26H2,1-6H3/t39-,40+/m1/s1. The molecule has 8 nitrogen and oxygen atoms in total. The van der Waals surface area contributed by atoms with Crippen LogP contribution in [0.3, 0.4) is 0 Å². The largest absolute Gasteiger partial charge is 0.497 e. The maximum absolute atomic E-state index is 15.5. The molecule has 2 fully saturated rings. The van der Waals surface area contributed by atoms with E-state index in [9.17, 15) is 4.79 Å². The molecule has 2 amide bonds. The van der Waals surface area contributed by atoms with Gasteiger partial charge in [-0.15, -0.1) is 0 Å². The summed E-state index contributed by atoms with van der Waals surface area (Å²) in [5.74, 6) is 0.562. The van der Waals surface area contributed by atoms with Crippen LogP contribution < -0.4 is 4.74 Å². The number of allylic oxidation sites excluding steroid dienone is 1. The first kappa shape index (κ1) is 34.4. The van der Waals surface area contributed by atoms with Gasteiger partial charge >= 0.3 is 6.09 Å². The van der Waals surface area contributed by atoms with Crippen molar-refractivity contribution in [3.05, 3.63) is 108 Å². The van der Waals surface area contributed by atoms with E-state index in [2.05, 4.69) is 6.08 Å². The highest BCUT2D eigenvalue weighted by molar-refractivity contribution is 8.01. The third kappa shape index (κ3) is 6.61. The van der Waals surface area contributed by atoms with Crippen molar-refractivity contribution in [2.24, 2.45) is 0 Å². The monoisotopic (exact) mass is 679 g/mol. The number of hydrogen-bond donors (Lipinski definition) is 0. The Kier molecular flexibility index (Phi) is 9.42. The molecule has 49 heavy (non-hydrogen) atoms.